The average Bonchev–Trinajstić information content (AvgIpc) is 2.24. The molecule has 1 aromatic rings. The molecule has 0 radical (unpaired) electrons. The molecule has 4 nitrogen and oxygen atoms in total. The first kappa shape index (κ1) is 11.1. The third kappa shape index (κ3) is 1.80. The fourth-order valence-corrected chi connectivity index (χ4v) is 1.96. The number of amides is 1. The predicted molar refractivity (Wildman–Crippen MR) is 62.1 cm³/mol. The van der Waals surface area contributed by atoms with E-state index in [0.717, 1.165) is 12.1 Å². The number of carbonyl (C=O) groups excluding carboxylic acids is 1. The van der Waals surface area contributed by atoms with Crippen LogP contribution in [0.2, 0.25) is 0 Å². The first-order chi connectivity index (χ1) is 7.56. The highest BCUT2D eigenvalue weighted by Gasteiger charge is 2.40. The summed E-state index contributed by atoms with van der Waals surface area (Å²) in [5.74, 6) is 0.0418. The third-order valence-electron chi connectivity index (χ3n) is 3.24. The van der Waals surface area contributed by atoms with Gasteiger partial charge in [-0.1, -0.05) is 6.92 Å². The molecular formula is C12H17N3O. The summed E-state index contributed by atoms with van der Waals surface area (Å²) < 4.78 is 0. The fourth-order valence-electron chi connectivity index (χ4n) is 1.96. The van der Waals surface area contributed by atoms with Gasteiger partial charge in [0.1, 0.15) is 0 Å². The summed E-state index contributed by atoms with van der Waals surface area (Å²) >= 11 is 0. The molecule has 1 aliphatic heterocycles. The van der Waals surface area contributed by atoms with Gasteiger partial charge in [0.05, 0.1) is 11.1 Å². The highest BCUT2D eigenvalue weighted by molar-refractivity contribution is 5.95. The lowest BCUT2D eigenvalue weighted by Crippen LogP contribution is -2.68. The molecule has 86 valence electrons. The topological polar surface area (TPSA) is 59.2 Å². The second-order valence-electron chi connectivity index (χ2n) is 4.51. The molecule has 0 bridgehead atoms. The van der Waals surface area contributed by atoms with Crippen molar-refractivity contribution in [3.05, 3.63) is 29.6 Å². The first-order valence-corrected chi connectivity index (χ1v) is 5.55. The molecule has 1 fully saturated rings. The smallest absolute Gasteiger partial charge is 0.255 e. The summed E-state index contributed by atoms with van der Waals surface area (Å²) in [6, 6.07) is 3.60. The average molecular weight is 219 g/mol. The lowest BCUT2D eigenvalue weighted by Gasteiger charge is -2.47. The summed E-state index contributed by atoms with van der Waals surface area (Å²) in [5.41, 5.74) is 7.32. The molecular weight excluding hydrogens is 202 g/mol. The number of hydrogen-bond acceptors (Lipinski definition) is 3. The van der Waals surface area contributed by atoms with Crippen LogP contribution in [0.4, 0.5) is 0 Å². The van der Waals surface area contributed by atoms with Crippen molar-refractivity contribution < 1.29 is 4.79 Å². The molecule has 0 aliphatic carbocycles. The minimum Gasteiger partial charge on any atom is -0.335 e. The van der Waals surface area contributed by atoms with Crippen LogP contribution < -0.4 is 5.73 Å². The number of hydrogen-bond donors (Lipinski definition) is 1. The lowest BCUT2D eigenvalue weighted by atomic mass is 9.87. The van der Waals surface area contributed by atoms with E-state index in [-0.39, 0.29) is 11.4 Å². The van der Waals surface area contributed by atoms with Crippen molar-refractivity contribution in [2.24, 2.45) is 5.73 Å². The van der Waals surface area contributed by atoms with E-state index in [9.17, 15) is 4.79 Å². The molecule has 2 rings (SSSR count). The van der Waals surface area contributed by atoms with Crippen molar-refractivity contribution in [2.75, 3.05) is 13.1 Å². The van der Waals surface area contributed by atoms with Gasteiger partial charge in [0.25, 0.3) is 5.91 Å². The number of rotatable bonds is 2. The predicted octanol–water partition coefficient (Wildman–Crippen LogP) is 0.953. The molecule has 1 aromatic heterocycles. The van der Waals surface area contributed by atoms with Gasteiger partial charge in [0, 0.05) is 25.0 Å². The van der Waals surface area contributed by atoms with Crippen LogP contribution in [0, 0.1) is 6.92 Å². The van der Waals surface area contributed by atoms with Gasteiger partial charge in [0.15, 0.2) is 0 Å². The van der Waals surface area contributed by atoms with Crippen LogP contribution >= 0.6 is 0 Å². The molecule has 0 saturated carbocycles. The maximum Gasteiger partial charge on any atom is 0.255 e. The number of likely N-dealkylation sites (tertiary alicyclic amines) is 1. The van der Waals surface area contributed by atoms with E-state index in [1.54, 1.807) is 17.2 Å². The molecule has 2 N–H and O–H groups in total. The van der Waals surface area contributed by atoms with E-state index in [0.29, 0.717) is 18.7 Å². The summed E-state index contributed by atoms with van der Waals surface area (Å²) in [6.07, 6.45) is 2.60. The van der Waals surface area contributed by atoms with Gasteiger partial charge in [-0.15, -0.1) is 0 Å². The molecule has 0 spiro atoms. The van der Waals surface area contributed by atoms with Crippen LogP contribution in [0.5, 0.6) is 0 Å². The Morgan fingerprint density at radius 3 is 2.88 bits per heavy atom. The standard InChI is InChI=1S/C12H17N3O/c1-3-12(13)7-15(8-12)11(16)10-5-4-6-14-9(10)2/h4-6H,3,7-8,13H2,1-2H3. The number of nitrogens with two attached hydrogens (primary N) is 1. The Bertz CT molecular complexity index is 410. The molecule has 0 atom stereocenters. The van der Waals surface area contributed by atoms with Crippen LogP contribution in [0.3, 0.4) is 0 Å². The zero-order valence-electron chi connectivity index (χ0n) is 9.73. The molecule has 16 heavy (non-hydrogen) atoms. The Labute approximate surface area is 95.5 Å². The van der Waals surface area contributed by atoms with Gasteiger partial charge in [-0.3, -0.25) is 9.78 Å². The lowest BCUT2D eigenvalue weighted by molar-refractivity contribution is 0.0400. The molecule has 1 amide bonds. The summed E-state index contributed by atoms with van der Waals surface area (Å²) in [6.45, 7) is 5.20. The molecule has 2 heterocycles. The SMILES string of the molecule is CCC1(N)CN(C(=O)c2cccnc2C)C1. The Morgan fingerprint density at radius 1 is 1.62 bits per heavy atom. The highest BCUT2D eigenvalue weighted by Crippen LogP contribution is 2.23. The molecule has 1 aliphatic rings. The van der Waals surface area contributed by atoms with Crippen LogP contribution in [-0.4, -0.2) is 34.4 Å². The summed E-state index contributed by atoms with van der Waals surface area (Å²) in [4.78, 5) is 18.0. The van der Waals surface area contributed by atoms with Crippen molar-refractivity contribution >= 4 is 5.91 Å². The second-order valence-corrected chi connectivity index (χ2v) is 4.51. The highest BCUT2D eigenvalue weighted by atomic mass is 16.2. The Hall–Kier alpha value is -1.42. The van der Waals surface area contributed by atoms with Crippen molar-refractivity contribution in [3.63, 3.8) is 0 Å². The number of carbonyl (C=O) groups is 1. The van der Waals surface area contributed by atoms with E-state index in [1.807, 2.05) is 13.0 Å². The molecule has 0 unspecified atom stereocenters. The zero-order chi connectivity index (χ0) is 11.8. The Morgan fingerprint density at radius 2 is 2.31 bits per heavy atom. The minimum atomic E-state index is -0.175. The van der Waals surface area contributed by atoms with E-state index in [2.05, 4.69) is 11.9 Å². The van der Waals surface area contributed by atoms with Crippen LogP contribution in [0.25, 0.3) is 0 Å². The Kier molecular flexibility index (Phi) is 2.68. The van der Waals surface area contributed by atoms with E-state index in [1.165, 1.54) is 0 Å². The maximum atomic E-state index is 12.1. The summed E-state index contributed by atoms with van der Waals surface area (Å²) in [5, 5.41) is 0. The second kappa shape index (κ2) is 3.87. The molecule has 4 heteroatoms. The van der Waals surface area contributed by atoms with E-state index < -0.39 is 0 Å². The number of pyridine rings is 1. The van der Waals surface area contributed by atoms with Gasteiger partial charge >= 0.3 is 0 Å². The Balaban J connectivity index is 2.09. The van der Waals surface area contributed by atoms with Gasteiger partial charge in [-0.05, 0) is 25.5 Å². The number of nitrogens with zero attached hydrogens (tertiary/aromatic N) is 2. The minimum absolute atomic E-state index is 0.0418. The van der Waals surface area contributed by atoms with Crippen molar-refractivity contribution in [3.8, 4) is 0 Å². The normalized spacial score (nSPS) is 18.1. The monoisotopic (exact) mass is 219 g/mol. The number of aryl methyl sites for hydroxylation is 1. The maximum absolute atomic E-state index is 12.1. The van der Waals surface area contributed by atoms with Crippen LogP contribution in [0.15, 0.2) is 18.3 Å². The summed E-state index contributed by atoms with van der Waals surface area (Å²) in [7, 11) is 0. The third-order valence-corrected chi connectivity index (χ3v) is 3.24. The first-order valence-electron chi connectivity index (χ1n) is 5.55. The zero-order valence-corrected chi connectivity index (χ0v) is 9.73. The largest absolute Gasteiger partial charge is 0.335 e. The van der Waals surface area contributed by atoms with Gasteiger partial charge in [-0.25, -0.2) is 0 Å². The van der Waals surface area contributed by atoms with E-state index >= 15 is 0 Å². The molecule has 0 aromatic carbocycles. The molecule has 1 saturated heterocycles. The van der Waals surface area contributed by atoms with Gasteiger partial charge in [-0.2, -0.15) is 0 Å². The fraction of sp³-hybridized carbons (Fsp3) is 0.500. The van der Waals surface area contributed by atoms with Crippen molar-refractivity contribution in [1.29, 1.82) is 0 Å². The van der Waals surface area contributed by atoms with Gasteiger partial charge in [0.2, 0.25) is 0 Å². The van der Waals surface area contributed by atoms with Crippen LogP contribution in [0.1, 0.15) is 29.4 Å². The quantitative estimate of drug-likeness (QED) is 0.805. The van der Waals surface area contributed by atoms with E-state index in [4.69, 9.17) is 5.73 Å². The van der Waals surface area contributed by atoms with Gasteiger partial charge < -0.3 is 10.6 Å². The number of aromatic nitrogens is 1. The van der Waals surface area contributed by atoms with Crippen LogP contribution in [-0.2, 0) is 0 Å². The van der Waals surface area contributed by atoms with Crippen molar-refractivity contribution in [2.45, 2.75) is 25.8 Å². The van der Waals surface area contributed by atoms with Crippen molar-refractivity contribution in [1.82, 2.24) is 9.88 Å².